The molecule has 3 fully saturated rings. The van der Waals surface area contributed by atoms with E-state index < -0.39 is 41.8 Å². The number of benzene rings is 1. The summed E-state index contributed by atoms with van der Waals surface area (Å²) in [5, 5.41) is 33.2. The zero-order chi connectivity index (χ0) is 32.8. The molecule has 1 aromatic rings. The van der Waals surface area contributed by atoms with Crippen LogP contribution < -0.4 is 0 Å². The van der Waals surface area contributed by atoms with Crippen LogP contribution in [0.15, 0.2) is 18.2 Å². The van der Waals surface area contributed by atoms with Crippen LogP contribution in [0.25, 0.3) is 0 Å². The highest BCUT2D eigenvalue weighted by Gasteiger charge is 2.71. The van der Waals surface area contributed by atoms with Crippen LogP contribution in [0.2, 0.25) is 0 Å². The van der Waals surface area contributed by atoms with E-state index in [4.69, 9.17) is 0 Å². The lowest BCUT2D eigenvalue weighted by molar-refractivity contribution is -0.284. The number of halogens is 5. The number of fused-ring (bicyclic) bond motifs is 6. The second-order valence-electron chi connectivity index (χ2n) is 14.7. The first kappa shape index (κ1) is 35.0. The van der Waals surface area contributed by atoms with Crippen molar-refractivity contribution in [2.24, 2.45) is 28.6 Å². The number of aliphatic hydroxyl groups is 2. The first-order valence-corrected chi connectivity index (χ1v) is 18.3. The van der Waals surface area contributed by atoms with Crippen LogP contribution in [0.4, 0.5) is 22.0 Å². The Morgan fingerprint density at radius 2 is 1.64 bits per heavy atom. The Kier molecular flexibility index (Phi) is 10.4. The number of phenolic OH excluding ortho intramolecular Hbond substituents is 1. The number of hydrogen-bond donors (Lipinski definition) is 3. The van der Waals surface area contributed by atoms with E-state index in [1.807, 2.05) is 13.1 Å². The van der Waals surface area contributed by atoms with Gasteiger partial charge in [0.2, 0.25) is 0 Å². The average Bonchev–Trinajstić information content (AvgIpc) is 3.74. The van der Waals surface area contributed by atoms with Gasteiger partial charge in [0.25, 0.3) is 0 Å². The van der Waals surface area contributed by atoms with E-state index in [2.05, 4.69) is 11.8 Å². The molecule has 0 aromatic heterocycles. The van der Waals surface area contributed by atoms with Crippen molar-refractivity contribution in [3.63, 3.8) is 0 Å². The highest BCUT2D eigenvalue weighted by Crippen LogP contribution is 2.76. The van der Waals surface area contributed by atoms with Gasteiger partial charge in [-0.05, 0) is 130 Å². The van der Waals surface area contributed by atoms with E-state index in [1.54, 1.807) is 12.1 Å². The summed E-state index contributed by atoms with van der Waals surface area (Å²) in [6, 6.07) is 5.47. The number of phenols is 1. The van der Waals surface area contributed by atoms with E-state index in [1.165, 1.54) is 0 Å². The van der Waals surface area contributed by atoms with Crippen molar-refractivity contribution >= 4 is 10.8 Å². The van der Waals surface area contributed by atoms with Gasteiger partial charge < -0.3 is 20.2 Å². The summed E-state index contributed by atoms with van der Waals surface area (Å²) in [6.07, 6.45) is 1.23. The molecule has 0 radical (unpaired) electrons. The molecule has 4 aliphatic carbocycles. The van der Waals surface area contributed by atoms with Gasteiger partial charge in [-0.1, -0.05) is 25.8 Å². The Morgan fingerprint density at radius 3 is 2.33 bits per heavy atom. The fourth-order valence-corrected chi connectivity index (χ4v) is 10.7. The maximum Gasteiger partial charge on any atom is 0.453 e. The number of alkyl halides is 5. The third-order valence-corrected chi connectivity index (χ3v) is 13.7. The summed E-state index contributed by atoms with van der Waals surface area (Å²) in [6.45, 7) is 3.89. The van der Waals surface area contributed by atoms with Gasteiger partial charge in [-0.25, -0.2) is 0 Å². The fourth-order valence-electron chi connectivity index (χ4n) is 9.61. The molecule has 0 bridgehead atoms. The molecule has 0 heterocycles. The summed E-state index contributed by atoms with van der Waals surface area (Å²) >= 11 is 0. The summed E-state index contributed by atoms with van der Waals surface area (Å²) in [5.74, 6) is -3.39. The van der Waals surface area contributed by atoms with Crippen LogP contribution in [-0.4, -0.2) is 74.3 Å². The topological polar surface area (TPSA) is 81.0 Å². The predicted molar refractivity (Wildman–Crippen MR) is 165 cm³/mol. The van der Waals surface area contributed by atoms with Crippen molar-refractivity contribution < 1.29 is 41.5 Å². The van der Waals surface area contributed by atoms with Crippen LogP contribution >= 0.6 is 0 Å². The minimum Gasteiger partial charge on any atom is -0.508 e. The van der Waals surface area contributed by atoms with Gasteiger partial charge in [-0.3, -0.25) is 4.21 Å². The van der Waals surface area contributed by atoms with E-state index in [-0.39, 0.29) is 40.1 Å². The lowest BCUT2D eigenvalue weighted by atomic mass is 9.50. The third-order valence-electron chi connectivity index (χ3n) is 12.2. The lowest BCUT2D eigenvalue weighted by Crippen LogP contribution is -2.47. The van der Waals surface area contributed by atoms with E-state index >= 15 is 0 Å². The summed E-state index contributed by atoms with van der Waals surface area (Å²) in [7, 11) is 0.541. The minimum absolute atomic E-state index is 0.0480. The van der Waals surface area contributed by atoms with Crippen molar-refractivity contribution in [1.29, 1.82) is 0 Å². The van der Waals surface area contributed by atoms with Gasteiger partial charge in [0, 0.05) is 34.1 Å². The molecule has 45 heavy (non-hydrogen) atoms. The van der Waals surface area contributed by atoms with Crippen LogP contribution in [0, 0.1) is 28.6 Å². The second kappa shape index (κ2) is 13.3. The normalized spacial score (nSPS) is 32.8. The van der Waals surface area contributed by atoms with Crippen molar-refractivity contribution in [2.75, 3.05) is 31.6 Å². The highest BCUT2D eigenvalue weighted by atomic mass is 32.2. The Balaban J connectivity index is 1.09. The van der Waals surface area contributed by atoms with Crippen molar-refractivity contribution in [1.82, 2.24) is 4.90 Å². The standard InChI is InChI=1S/C34H50F5NO4S/c1-31-13-11-24-23-10-9-22(41)20-26(23)30(43)25(29(24)27(31)21-28(42)32(31)14-15-32)8-4-3-5-16-40(2)17-7-19-45(44)18-6-12-33(35,36)34(37,38)39/h9-10,20,24-25,27-30,41-43H,3-8,11-19,21H2,1-2H3/t24?,25?,27?,28-,29?,30-,31+,45?/m1/s1. The number of hydrogen-bond acceptors (Lipinski definition) is 5. The molecule has 8 atom stereocenters. The van der Waals surface area contributed by atoms with Crippen LogP contribution in [0.1, 0.15) is 107 Å². The van der Waals surface area contributed by atoms with Crippen molar-refractivity contribution in [3.05, 3.63) is 29.3 Å². The number of rotatable bonds is 14. The highest BCUT2D eigenvalue weighted by molar-refractivity contribution is 7.84. The quantitative estimate of drug-likeness (QED) is 0.144. The lowest BCUT2D eigenvalue weighted by Gasteiger charge is -2.55. The maximum absolute atomic E-state index is 13.0. The molecular weight excluding hydrogens is 613 g/mol. The largest absolute Gasteiger partial charge is 0.508 e. The van der Waals surface area contributed by atoms with Gasteiger partial charge >= 0.3 is 12.1 Å². The smallest absolute Gasteiger partial charge is 0.453 e. The van der Waals surface area contributed by atoms with Gasteiger partial charge in [0.1, 0.15) is 5.75 Å². The predicted octanol–water partition coefficient (Wildman–Crippen LogP) is 7.33. The molecule has 5 rings (SSSR count). The monoisotopic (exact) mass is 663 g/mol. The van der Waals surface area contributed by atoms with Crippen molar-refractivity contribution in [2.45, 2.75) is 114 Å². The Hall–Kier alpha value is -1.30. The molecular formula is C34H50F5NO4S. The summed E-state index contributed by atoms with van der Waals surface area (Å²) < 4.78 is 75.0. The van der Waals surface area contributed by atoms with Crippen LogP contribution in [-0.2, 0) is 10.8 Å². The first-order valence-electron chi connectivity index (χ1n) is 16.8. The number of aromatic hydroxyl groups is 1. The first-order chi connectivity index (χ1) is 21.1. The number of aliphatic hydroxyl groups excluding tert-OH is 2. The fraction of sp³-hybridized carbons (Fsp3) is 0.824. The molecule has 11 heteroatoms. The van der Waals surface area contributed by atoms with Gasteiger partial charge in [0.05, 0.1) is 12.2 Å². The number of nitrogens with zero attached hydrogens (tertiary/aromatic N) is 1. The molecule has 5 nitrogen and oxygen atoms in total. The molecule has 4 aliphatic rings. The molecule has 1 spiro atoms. The zero-order valence-corrected chi connectivity index (χ0v) is 27.3. The average molecular weight is 664 g/mol. The van der Waals surface area contributed by atoms with Crippen LogP contribution in [0.3, 0.4) is 0 Å². The zero-order valence-electron chi connectivity index (χ0n) is 26.5. The summed E-state index contributed by atoms with van der Waals surface area (Å²) in [5.41, 5.74) is 2.17. The molecule has 0 amide bonds. The van der Waals surface area contributed by atoms with Crippen molar-refractivity contribution in [3.8, 4) is 5.75 Å². The second-order valence-corrected chi connectivity index (χ2v) is 16.4. The SMILES string of the molecule is CN(CCCCCC1C2C(CC[C@@]3(C)C2C[C@@H](O)C32CC2)c2ccc(O)cc2[C@@H]1O)CCCS(=O)CCCC(F)(F)C(F)(F)F. The van der Waals surface area contributed by atoms with Gasteiger partial charge in [0.15, 0.2) is 0 Å². The van der Waals surface area contributed by atoms with E-state index in [0.717, 1.165) is 75.5 Å². The Bertz CT molecular complexity index is 1210. The molecule has 256 valence electrons. The Labute approximate surface area is 266 Å². The van der Waals surface area contributed by atoms with Gasteiger partial charge in [-0.15, -0.1) is 0 Å². The third kappa shape index (κ3) is 6.84. The summed E-state index contributed by atoms with van der Waals surface area (Å²) in [4.78, 5) is 2.13. The molecule has 0 aliphatic heterocycles. The van der Waals surface area contributed by atoms with Crippen LogP contribution in [0.5, 0.6) is 5.75 Å². The van der Waals surface area contributed by atoms with Gasteiger partial charge in [-0.2, -0.15) is 22.0 Å². The molecule has 3 saturated carbocycles. The molecule has 1 aromatic carbocycles. The van der Waals surface area contributed by atoms with E-state index in [0.29, 0.717) is 30.7 Å². The molecule has 0 saturated heterocycles. The maximum atomic E-state index is 13.0. The van der Waals surface area contributed by atoms with E-state index in [9.17, 15) is 41.5 Å². The number of unbranched alkanes of at least 4 members (excludes halogenated alkanes) is 2. The molecule has 5 unspecified atom stereocenters. The minimum atomic E-state index is -5.57. The Morgan fingerprint density at radius 1 is 0.956 bits per heavy atom. The molecule has 3 N–H and O–H groups in total.